The molecule has 9 nitrogen and oxygen atoms in total. The average molecular weight is 476 g/mol. The molecule has 1 aromatic heterocycles. The lowest BCUT2D eigenvalue weighted by Crippen LogP contribution is -2.53. The minimum atomic E-state index is -1.17. The molecule has 0 aliphatic carbocycles. The monoisotopic (exact) mass is 475 g/mol. The second-order valence-electron chi connectivity index (χ2n) is 8.21. The van der Waals surface area contributed by atoms with Gasteiger partial charge in [0.15, 0.2) is 0 Å². The molecule has 4 amide bonds. The van der Waals surface area contributed by atoms with Crippen LogP contribution in [0.3, 0.4) is 0 Å². The summed E-state index contributed by atoms with van der Waals surface area (Å²) in [5.74, 6) is -2.20. The van der Waals surface area contributed by atoms with Crippen LogP contribution in [0.5, 0.6) is 0 Å². The number of aryl methyl sites for hydroxylation is 1. The Morgan fingerprint density at radius 1 is 0.914 bits per heavy atom. The number of primary amides is 1. The molecule has 0 radical (unpaired) electrons. The molecule has 9 heteroatoms. The Balaban J connectivity index is 1.54. The van der Waals surface area contributed by atoms with Crippen molar-refractivity contribution < 1.29 is 19.2 Å². The minimum absolute atomic E-state index is 0.141. The van der Waals surface area contributed by atoms with E-state index in [1.54, 1.807) is 6.20 Å². The Kier molecular flexibility index (Phi) is 8.89. The van der Waals surface area contributed by atoms with Gasteiger partial charge < -0.3 is 21.7 Å². The van der Waals surface area contributed by atoms with Crippen molar-refractivity contribution in [1.82, 2.24) is 20.9 Å². The second kappa shape index (κ2) is 12.3. The Morgan fingerprint density at radius 2 is 1.63 bits per heavy atom. The molecule has 2 atom stereocenters. The molecule has 0 fully saturated rings. The number of hydrogen-bond acceptors (Lipinski definition) is 5. The van der Waals surface area contributed by atoms with E-state index in [2.05, 4.69) is 20.9 Å². The van der Waals surface area contributed by atoms with E-state index in [0.717, 1.165) is 22.0 Å². The van der Waals surface area contributed by atoms with Gasteiger partial charge in [-0.1, -0.05) is 48.5 Å². The third-order valence-corrected chi connectivity index (χ3v) is 5.49. The van der Waals surface area contributed by atoms with Gasteiger partial charge in [0.1, 0.15) is 12.1 Å². The van der Waals surface area contributed by atoms with Gasteiger partial charge in [0, 0.05) is 24.5 Å². The molecular weight excluding hydrogens is 446 g/mol. The number of carbonyl (C=O) groups is 4. The number of nitrogens with two attached hydrogens (primary N) is 1. The van der Waals surface area contributed by atoms with E-state index >= 15 is 0 Å². The Hall–Kier alpha value is -4.27. The van der Waals surface area contributed by atoms with Crippen LogP contribution in [0.25, 0.3) is 10.9 Å². The van der Waals surface area contributed by atoms with Crippen LogP contribution in [0.1, 0.15) is 30.9 Å². The number of nitrogens with one attached hydrogen (secondary N) is 3. The zero-order chi connectivity index (χ0) is 25.2. The highest BCUT2D eigenvalue weighted by molar-refractivity contribution is 5.94. The van der Waals surface area contributed by atoms with Crippen molar-refractivity contribution >= 4 is 34.5 Å². The standard InChI is InChI=1S/C26H29N5O4/c1-17(25(34)29-16-19-13-14-28-21-10-6-5-9-20(19)21)30-26(35)22(15-23(27)32)31-24(33)12-11-18-7-3-2-4-8-18/h2-10,13-14,17,22H,11-12,15-16H2,1H3,(H2,27,32)(H,29,34)(H,30,35)(H,31,33). The first-order valence-electron chi connectivity index (χ1n) is 11.4. The molecule has 5 N–H and O–H groups in total. The number of aromatic nitrogens is 1. The van der Waals surface area contributed by atoms with Gasteiger partial charge in [-0.05, 0) is 36.6 Å². The Morgan fingerprint density at radius 3 is 2.37 bits per heavy atom. The maximum Gasteiger partial charge on any atom is 0.243 e. The second-order valence-corrected chi connectivity index (χ2v) is 8.21. The van der Waals surface area contributed by atoms with E-state index in [4.69, 9.17) is 5.73 Å². The van der Waals surface area contributed by atoms with Crippen LogP contribution in [-0.4, -0.2) is 40.7 Å². The van der Waals surface area contributed by atoms with Crippen LogP contribution < -0.4 is 21.7 Å². The van der Waals surface area contributed by atoms with Crippen LogP contribution in [0, 0.1) is 0 Å². The number of carbonyl (C=O) groups excluding carboxylic acids is 4. The van der Waals surface area contributed by atoms with E-state index in [-0.39, 0.29) is 19.4 Å². The predicted molar refractivity (Wildman–Crippen MR) is 132 cm³/mol. The van der Waals surface area contributed by atoms with E-state index in [0.29, 0.717) is 6.42 Å². The summed E-state index contributed by atoms with van der Waals surface area (Å²) < 4.78 is 0. The highest BCUT2D eigenvalue weighted by Crippen LogP contribution is 2.15. The van der Waals surface area contributed by atoms with Crippen LogP contribution in [0.4, 0.5) is 0 Å². The quantitative estimate of drug-likeness (QED) is 0.331. The highest BCUT2D eigenvalue weighted by atomic mass is 16.2. The van der Waals surface area contributed by atoms with Gasteiger partial charge in [-0.3, -0.25) is 24.2 Å². The smallest absolute Gasteiger partial charge is 0.243 e. The van der Waals surface area contributed by atoms with Crippen LogP contribution in [0.15, 0.2) is 66.9 Å². The molecule has 0 bridgehead atoms. The molecule has 35 heavy (non-hydrogen) atoms. The highest BCUT2D eigenvalue weighted by Gasteiger charge is 2.26. The van der Waals surface area contributed by atoms with E-state index in [9.17, 15) is 19.2 Å². The van der Waals surface area contributed by atoms with Crippen molar-refractivity contribution in [1.29, 1.82) is 0 Å². The summed E-state index contributed by atoms with van der Waals surface area (Å²) in [5.41, 5.74) is 7.95. The van der Waals surface area contributed by atoms with Gasteiger partial charge in [-0.2, -0.15) is 0 Å². The zero-order valence-electron chi connectivity index (χ0n) is 19.5. The molecule has 1 heterocycles. The summed E-state index contributed by atoms with van der Waals surface area (Å²) in [7, 11) is 0. The number of benzene rings is 2. The first kappa shape index (κ1) is 25.4. The SMILES string of the molecule is CC(NC(=O)C(CC(N)=O)NC(=O)CCc1ccccc1)C(=O)NCc1ccnc2ccccc12. The maximum absolute atomic E-state index is 12.7. The number of amides is 4. The Bertz CT molecular complexity index is 1190. The number of rotatable bonds is 11. The minimum Gasteiger partial charge on any atom is -0.370 e. The molecule has 0 spiro atoms. The lowest BCUT2D eigenvalue weighted by atomic mass is 10.1. The van der Waals surface area contributed by atoms with Crippen molar-refractivity contribution in [3.05, 3.63) is 78.0 Å². The van der Waals surface area contributed by atoms with Crippen molar-refractivity contribution in [2.45, 2.75) is 44.8 Å². The summed E-state index contributed by atoms with van der Waals surface area (Å²) in [4.78, 5) is 53.5. The average Bonchev–Trinajstić information content (AvgIpc) is 2.85. The molecule has 3 aromatic rings. The molecule has 0 aliphatic rings. The number of nitrogens with zero attached hydrogens (tertiary/aromatic N) is 1. The largest absolute Gasteiger partial charge is 0.370 e. The summed E-state index contributed by atoms with van der Waals surface area (Å²) >= 11 is 0. The topological polar surface area (TPSA) is 143 Å². The van der Waals surface area contributed by atoms with Gasteiger partial charge >= 0.3 is 0 Å². The number of pyridine rings is 1. The summed E-state index contributed by atoms with van der Waals surface area (Å²) in [6.07, 6.45) is 1.92. The van der Waals surface area contributed by atoms with Gasteiger partial charge in [-0.15, -0.1) is 0 Å². The molecular formula is C26H29N5O4. The zero-order valence-corrected chi connectivity index (χ0v) is 19.5. The van der Waals surface area contributed by atoms with Crippen molar-refractivity contribution in [2.75, 3.05) is 0 Å². The molecule has 0 saturated heterocycles. The van der Waals surface area contributed by atoms with E-state index in [1.165, 1.54) is 6.92 Å². The van der Waals surface area contributed by atoms with Gasteiger partial charge in [0.05, 0.1) is 11.9 Å². The predicted octanol–water partition coefficient (Wildman–Crippen LogP) is 1.35. The van der Waals surface area contributed by atoms with Crippen LogP contribution >= 0.6 is 0 Å². The van der Waals surface area contributed by atoms with E-state index in [1.807, 2.05) is 60.7 Å². The Labute approximate surface area is 203 Å². The molecule has 2 aromatic carbocycles. The van der Waals surface area contributed by atoms with Crippen LogP contribution in [0.2, 0.25) is 0 Å². The first-order valence-corrected chi connectivity index (χ1v) is 11.4. The normalized spacial score (nSPS) is 12.4. The van der Waals surface area contributed by atoms with Crippen molar-refractivity contribution in [3.63, 3.8) is 0 Å². The fourth-order valence-electron chi connectivity index (χ4n) is 3.60. The first-order chi connectivity index (χ1) is 16.8. The summed E-state index contributed by atoms with van der Waals surface area (Å²) in [5, 5.41) is 8.82. The fraction of sp³-hybridized carbons (Fsp3) is 0.269. The number of hydrogen-bond donors (Lipinski definition) is 4. The fourth-order valence-corrected chi connectivity index (χ4v) is 3.60. The summed E-state index contributed by atoms with van der Waals surface area (Å²) in [6.45, 7) is 1.78. The lowest BCUT2D eigenvalue weighted by molar-refractivity contribution is -0.133. The molecule has 0 aliphatic heterocycles. The van der Waals surface area contributed by atoms with Gasteiger partial charge in [0.25, 0.3) is 0 Å². The van der Waals surface area contributed by atoms with Crippen molar-refractivity contribution in [2.24, 2.45) is 5.73 Å². The maximum atomic E-state index is 12.7. The van der Waals surface area contributed by atoms with E-state index < -0.39 is 35.7 Å². The molecule has 2 unspecified atom stereocenters. The summed E-state index contributed by atoms with van der Waals surface area (Å²) in [6, 6.07) is 16.8. The van der Waals surface area contributed by atoms with Crippen LogP contribution in [-0.2, 0) is 32.1 Å². The van der Waals surface area contributed by atoms with Gasteiger partial charge in [0.2, 0.25) is 23.6 Å². The third kappa shape index (κ3) is 7.63. The number of fused-ring (bicyclic) bond motifs is 1. The molecule has 182 valence electrons. The molecule has 0 saturated carbocycles. The van der Waals surface area contributed by atoms with Crippen molar-refractivity contribution in [3.8, 4) is 0 Å². The third-order valence-electron chi connectivity index (χ3n) is 5.49. The van der Waals surface area contributed by atoms with Gasteiger partial charge in [-0.25, -0.2) is 0 Å². The lowest BCUT2D eigenvalue weighted by Gasteiger charge is -2.20. The number of para-hydroxylation sites is 1. The molecule has 3 rings (SSSR count).